The van der Waals surface area contributed by atoms with E-state index in [1.807, 2.05) is 0 Å². The van der Waals surface area contributed by atoms with Crippen molar-refractivity contribution in [3.05, 3.63) is 97.4 Å². The molecule has 3 aromatic rings. The Morgan fingerprint density at radius 1 is 1.12 bits per heavy atom. The van der Waals surface area contributed by atoms with E-state index >= 15 is 0 Å². The number of aliphatic hydroxyl groups is 1. The first-order valence-electron chi connectivity index (χ1n) is 10.6. The summed E-state index contributed by atoms with van der Waals surface area (Å²) in [4.78, 5) is 18.4. The van der Waals surface area contributed by atoms with E-state index in [0.29, 0.717) is 11.1 Å². The number of aliphatic hydroxyl groups excluding tert-OH is 1. The van der Waals surface area contributed by atoms with Crippen molar-refractivity contribution >= 4 is 28.9 Å². The van der Waals surface area contributed by atoms with Crippen molar-refractivity contribution < 1.29 is 18.7 Å². The van der Waals surface area contributed by atoms with Gasteiger partial charge in [0.05, 0.1) is 22.3 Å². The molecule has 0 spiro atoms. The van der Waals surface area contributed by atoms with Crippen molar-refractivity contribution in [3.63, 3.8) is 0 Å². The van der Waals surface area contributed by atoms with Crippen LogP contribution in [0.3, 0.4) is 0 Å². The Kier molecular flexibility index (Phi) is 7.63. The molecule has 0 amide bonds. The first-order chi connectivity index (χ1) is 16.4. The van der Waals surface area contributed by atoms with Gasteiger partial charge in [0.2, 0.25) is 0 Å². The molecule has 6 nitrogen and oxygen atoms in total. The van der Waals surface area contributed by atoms with Crippen LogP contribution < -0.4 is 10.9 Å². The zero-order valence-corrected chi connectivity index (χ0v) is 19.4. The highest BCUT2D eigenvalue weighted by atomic mass is 35.5. The van der Waals surface area contributed by atoms with Crippen LogP contribution in [0.25, 0.3) is 5.69 Å². The minimum absolute atomic E-state index is 0.00774. The first kappa shape index (κ1) is 24.3. The van der Waals surface area contributed by atoms with Gasteiger partial charge in [0, 0.05) is 29.5 Å². The topological polar surface area (TPSA) is 75.8 Å². The Morgan fingerprint density at radius 3 is 2.47 bits per heavy atom. The number of hydrogen-bond acceptors (Lipinski definition) is 5. The second-order valence-electron chi connectivity index (χ2n) is 7.81. The van der Waals surface area contributed by atoms with Crippen molar-refractivity contribution in [1.29, 1.82) is 0 Å². The molecule has 0 unspecified atom stereocenters. The fourth-order valence-corrected chi connectivity index (χ4v) is 4.42. The summed E-state index contributed by atoms with van der Waals surface area (Å²) in [5.74, 6) is -1.55. The van der Waals surface area contributed by atoms with Crippen LogP contribution in [0.5, 0.6) is 0 Å². The summed E-state index contributed by atoms with van der Waals surface area (Å²) >= 11 is 12.7. The summed E-state index contributed by atoms with van der Waals surface area (Å²) in [6.45, 7) is 1.27. The number of nitrogens with one attached hydrogen (secondary N) is 1. The molecule has 178 valence electrons. The van der Waals surface area contributed by atoms with Gasteiger partial charge < -0.3 is 15.3 Å². The van der Waals surface area contributed by atoms with E-state index in [1.165, 1.54) is 41.1 Å². The molecule has 0 aliphatic carbocycles. The highest BCUT2D eigenvalue weighted by Crippen LogP contribution is 2.30. The molecule has 4 rings (SSSR count). The third-order valence-corrected chi connectivity index (χ3v) is 6.03. The molecule has 2 aromatic carbocycles. The van der Waals surface area contributed by atoms with Crippen LogP contribution in [0.15, 0.2) is 58.6 Å². The van der Waals surface area contributed by atoms with E-state index < -0.39 is 17.2 Å². The SMILES string of the molecule is O=c1ccc(/C(=N/OC2CCNCC2)c2ccc(F)cc2F)cn1-c1c(Cl)cc(CO)cc1Cl. The van der Waals surface area contributed by atoms with Crippen LogP contribution in [-0.4, -0.2) is 34.6 Å². The van der Waals surface area contributed by atoms with Crippen molar-refractivity contribution in [2.45, 2.75) is 25.6 Å². The summed E-state index contributed by atoms with van der Waals surface area (Å²) < 4.78 is 29.5. The van der Waals surface area contributed by atoms with Crippen molar-refractivity contribution in [2.24, 2.45) is 5.16 Å². The molecule has 34 heavy (non-hydrogen) atoms. The Morgan fingerprint density at radius 2 is 1.82 bits per heavy atom. The third kappa shape index (κ3) is 5.31. The van der Waals surface area contributed by atoms with Gasteiger partial charge in [-0.1, -0.05) is 28.4 Å². The number of nitrogens with zero attached hydrogens (tertiary/aromatic N) is 2. The number of rotatable bonds is 6. The summed E-state index contributed by atoms with van der Waals surface area (Å²) in [5, 5.41) is 17.1. The molecule has 1 aromatic heterocycles. The van der Waals surface area contributed by atoms with Crippen LogP contribution >= 0.6 is 23.2 Å². The lowest BCUT2D eigenvalue weighted by molar-refractivity contribution is 0.0378. The molecule has 1 saturated heterocycles. The summed E-state index contributed by atoms with van der Waals surface area (Å²) in [6, 6.07) is 8.87. The number of oxime groups is 1. The maximum absolute atomic E-state index is 14.7. The number of aromatic nitrogens is 1. The highest BCUT2D eigenvalue weighted by molar-refractivity contribution is 6.37. The molecule has 1 aliphatic heterocycles. The Hall–Kier alpha value is -2.78. The lowest BCUT2D eigenvalue weighted by Gasteiger charge is -2.21. The Bertz CT molecular complexity index is 1270. The molecule has 0 radical (unpaired) electrons. The van der Waals surface area contributed by atoms with Gasteiger partial charge in [0.15, 0.2) is 0 Å². The van der Waals surface area contributed by atoms with Gasteiger partial charge in [0.25, 0.3) is 5.56 Å². The quantitative estimate of drug-likeness (QED) is 0.382. The second kappa shape index (κ2) is 10.7. The smallest absolute Gasteiger partial charge is 0.255 e. The van der Waals surface area contributed by atoms with Gasteiger partial charge in [-0.3, -0.25) is 9.36 Å². The molecule has 0 atom stereocenters. The maximum atomic E-state index is 14.7. The fraction of sp³-hybridized carbons (Fsp3) is 0.250. The molecule has 0 saturated carbocycles. The fourth-order valence-electron chi connectivity index (χ4n) is 3.71. The summed E-state index contributed by atoms with van der Waals surface area (Å²) in [5.41, 5.74) is 0.664. The monoisotopic (exact) mass is 507 g/mol. The molecule has 2 heterocycles. The van der Waals surface area contributed by atoms with E-state index in [4.69, 9.17) is 28.0 Å². The van der Waals surface area contributed by atoms with E-state index in [-0.39, 0.29) is 39.7 Å². The van der Waals surface area contributed by atoms with E-state index in [0.717, 1.165) is 38.1 Å². The highest BCUT2D eigenvalue weighted by Gasteiger charge is 2.20. The number of pyridine rings is 1. The van der Waals surface area contributed by atoms with Crippen LogP contribution in [0.1, 0.15) is 29.5 Å². The predicted molar refractivity (Wildman–Crippen MR) is 127 cm³/mol. The van der Waals surface area contributed by atoms with Crippen molar-refractivity contribution in [3.8, 4) is 5.69 Å². The zero-order chi connectivity index (χ0) is 24.2. The van der Waals surface area contributed by atoms with Gasteiger partial charge in [-0.25, -0.2) is 8.78 Å². The van der Waals surface area contributed by atoms with Crippen LogP contribution in [-0.2, 0) is 11.4 Å². The Balaban J connectivity index is 1.83. The number of hydrogen-bond donors (Lipinski definition) is 2. The molecular formula is C24H21Cl2F2N3O3. The van der Waals surface area contributed by atoms with Gasteiger partial charge >= 0.3 is 0 Å². The molecule has 2 N–H and O–H groups in total. The zero-order valence-electron chi connectivity index (χ0n) is 17.9. The average Bonchev–Trinajstić information content (AvgIpc) is 2.82. The van der Waals surface area contributed by atoms with Crippen LogP contribution in [0.4, 0.5) is 8.78 Å². The van der Waals surface area contributed by atoms with E-state index in [1.54, 1.807) is 0 Å². The standard InChI is InChI=1S/C24H21Cl2F2N3O3/c25-19-9-14(13-32)10-20(26)24(19)31-12-15(1-4-22(31)33)23(18-3-2-16(27)11-21(18)28)30-34-17-5-7-29-8-6-17/h1-4,9-12,17,29,32H,5-8,13H2/b30-23-. The molecule has 10 heteroatoms. The minimum atomic E-state index is -0.825. The number of halogens is 4. The maximum Gasteiger partial charge on any atom is 0.255 e. The van der Waals surface area contributed by atoms with Crippen LogP contribution in [0, 0.1) is 11.6 Å². The predicted octanol–water partition coefficient (Wildman–Crippen LogP) is 4.44. The number of benzene rings is 2. The van der Waals surface area contributed by atoms with Gasteiger partial charge in [0.1, 0.15) is 23.5 Å². The first-order valence-corrected chi connectivity index (χ1v) is 11.3. The second-order valence-corrected chi connectivity index (χ2v) is 8.63. The molecular weight excluding hydrogens is 487 g/mol. The molecule has 1 aliphatic rings. The normalized spacial score (nSPS) is 14.9. The summed E-state index contributed by atoms with van der Waals surface area (Å²) in [7, 11) is 0. The Labute approximate surface area is 204 Å². The third-order valence-electron chi connectivity index (χ3n) is 5.45. The largest absolute Gasteiger partial charge is 0.392 e. The lowest BCUT2D eigenvalue weighted by atomic mass is 10.0. The van der Waals surface area contributed by atoms with Crippen molar-refractivity contribution in [1.82, 2.24) is 9.88 Å². The summed E-state index contributed by atoms with van der Waals surface area (Å²) in [6.07, 6.45) is 2.71. The van der Waals surface area contributed by atoms with Gasteiger partial charge in [-0.2, -0.15) is 0 Å². The van der Waals surface area contributed by atoms with E-state index in [9.17, 15) is 18.7 Å². The molecule has 1 fully saturated rings. The van der Waals surface area contributed by atoms with Gasteiger partial charge in [-0.15, -0.1) is 0 Å². The van der Waals surface area contributed by atoms with E-state index in [2.05, 4.69) is 10.5 Å². The lowest BCUT2D eigenvalue weighted by Crippen LogP contribution is -2.31. The average molecular weight is 508 g/mol. The minimum Gasteiger partial charge on any atom is -0.392 e. The van der Waals surface area contributed by atoms with Gasteiger partial charge in [-0.05, 0) is 61.8 Å². The van der Waals surface area contributed by atoms with Crippen LogP contribution in [0.2, 0.25) is 10.0 Å². The number of piperidine rings is 1. The van der Waals surface area contributed by atoms with Crippen molar-refractivity contribution in [2.75, 3.05) is 13.1 Å². The molecule has 0 bridgehead atoms.